The van der Waals surface area contributed by atoms with Crippen LogP contribution in [0.25, 0.3) is 0 Å². The van der Waals surface area contributed by atoms with E-state index in [1.807, 2.05) is 0 Å². The average molecular weight is 214 g/mol. The van der Waals surface area contributed by atoms with Crippen molar-refractivity contribution in [2.24, 2.45) is 0 Å². The van der Waals surface area contributed by atoms with E-state index in [4.69, 9.17) is 0 Å². The molecule has 0 saturated heterocycles. The van der Waals surface area contributed by atoms with Crippen LogP contribution in [0, 0.1) is 0 Å². The highest BCUT2D eigenvalue weighted by atomic mass is 32.2. The minimum Gasteiger partial charge on any atom is -0.204 e. The molecule has 0 spiro atoms. The number of hydrogen-bond donors (Lipinski definition) is 0. The highest BCUT2D eigenvalue weighted by Crippen LogP contribution is 2.17. The molecular weight excluding hydrogens is 209 g/mol. The molecule has 1 aromatic rings. The van der Waals surface area contributed by atoms with Crippen molar-refractivity contribution in [2.45, 2.75) is 6.18 Å². The van der Waals surface area contributed by atoms with Crippen molar-refractivity contribution in [3.8, 4) is 0 Å². The van der Waals surface area contributed by atoms with Gasteiger partial charge >= 0.3 is 6.18 Å². The van der Waals surface area contributed by atoms with Gasteiger partial charge in [0.25, 0.3) is 10.0 Å². The van der Waals surface area contributed by atoms with Crippen LogP contribution >= 0.6 is 0 Å². The van der Waals surface area contributed by atoms with E-state index >= 15 is 0 Å². The van der Waals surface area contributed by atoms with E-state index in [9.17, 15) is 21.6 Å². The molecule has 1 heterocycles. The van der Waals surface area contributed by atoms with Gasteiger partial charge in [-0.25, -0.2) is 8.42 Å². The Bertz CT molecular complexity index is 367. The summed E-state index contributed by atoms with van der Waals surface area (Å²) >= 11 is 0. The molecule has 0 N–H and O–H groups in total. The molecule has 0 aliphatic rings. The maximum absolute atomic E-state index is 11.7. The molecule has 1 aromatic heterocycles. The predicted octanol–water partition coefficient (Wildman–Crippen LogP) is 0.623. The Morgan fingerprint density at radius 3 is 2.38 bits per heavy atom. The first-order chi connectivity index (χ1) is 5.81. The number of alkyl halides is 3. The van der Waals surface area contributed by atoms with Gasteiger partial charge in [-0.15, -0.1) is 0 Å². The largest absolute Gasteiger partial charge is 0.404 e. The monoisotopic (exact) mass is 214 g/mol. The van der Waals surface area contributed by atoms with Gasteiger partial charge in [-0.2, -0.15) is 22.4 Å². The molecule has 8 heteroatoms. The second-order valence-corrected chi connectivity index (χ2v) is 4.08. The minimum atomic E-state index is -4.75. The summed E-state index contributed by atoms with van der Waals surface area (Å²) in [5.41, 5.74) is 0. The molecule has 1 rings (SSSR count). The SMILES string of the molecule is O=S(=O)(CC(F)(F)F)n1cccn1. The number of halogens is 3. The zero-order valence-electron chi connectivity index (χ0n) is 6.19. The molecule has 0 unspecified atom stereocenters. The fourth-order valence-electron chi connectivity index (χ4n) is 0.692. The minimum absolute atomic E-state index is 0.292. The summed E-state index contributed by atoms with van der Waals surface area (Å²) in [4.78, 5) is 0. The molecule has 0 amide bonds. The van der Waals surface area contributed by atoms with E-state index in [1.165, 1.54) is 6.07 Å². The Labute approximate surface area is 72.0 Å². The Hall–Kier alpha value is -1.05. The smallest absolute Gasteiger partial charge is 0.204 e. The van der Waals surface area contributed by atoms with Crippen LogP contribution in [0.15, 0.2) is 18.5 Å². The molecule has 0 radical (unpaired) electrons. The van der Waals surface area contributed by atoms with Crippen LogP contribution in [0.3, 0.4) is 0 Å². The Morgan fingerprint density at radius 1 is 1.38 bits per heavy atom. The number of rotatable bonds is 2. The van der Waals surface area contributed by atoms with Crippen LogP contribution in [-0.2, 0) is 10.0 Å². The fourth-order valence-corrected chi connectivity index (χ4v) is 1.69. The fraction of sp³-hybridized carbons (Fsp3) is 0.400. The third kappa shape index (κ3) is 2.72. The first-order valence-corrected chi connectivity index (χ1v) is 4.72. The maximum Gasteiger partial charge on any atom is 0.404 e. The molecule has 0 aliphatic heterocycles. The van der Waals surface area contributed by atoms with Gasteiger partial charge in [-0.1, -0.05) is 0 Å². The lowest BCUT2D eigenvalue weighted by molar-refractivity contribution is -0.106. The third-order valence-electron chi connectivity index (χ3n) is 1.11. The van der Waals surface area contributed by atoms with E-state index in [0.29, 0.717) is 4.09 Å². The van der Waals surface area contributed by atoms with Crippen LogP contribution in [0.2, 0.25) is 0 Å². The van der Waals surface area contributed by atoms with Gasteiger partial charge in [-0.3, -0.25) is 0 Å². The van der Waals surface area contributed by atoms with Crippen molar-refractivity contribution < 1.29 is 21.6 Å². The topological polar surface area (TPSA) is 52.0 Å². The molecular formula is C5H5F3N2O2S. The van der Waals surface area contributed by atoms with Crippen molar-refractivity contribution >= 4 is 10.0 Å². The standard InChI is InChI=1S/C5H5F3N2O2S/c6-5(7,8)4-13(11,12)10-3-1-2-9-10/h1-3H,4H2. The molecule has 0 aliphatic carbocycles. The van der Waals surface area contributed by atoms with Crippen molar-refractivity contribution in [1.82, 2.24) is 9.19 Å². The van der Waals surface area contributed by atoms with Crippen LogP contribution in [-0.4, -0.2) is 29.5 Å². The zero-order chi connectivity index (χ0) is 10.1. The van der Waals surface area contributed by atoms with Crippen LogP contribution < -0.4 is 0 Å². The van der Waals surface area contributed by atoms with E-state index < -0.39 is 22.0 Å². The second-order valence-electron chi connectivity index (χ2n) is 2.25. The Morgan fingerprint density at radius 2 is 2.00 bits per heavy atom. The van der Waals surface area contributed by atoms with Crippen molar-refractivity contribution in [1.29, 1.82) is 0 Å². The van der Waals surface area contributed by atoms with Crippen molar-refractivity contribution in [3.05, 3.63) is 18.5 Å². The number of nitrogens with zero attached hydrogens (tertiary/aromatic N) is 2. The summed E-state index contributed by atoms with van der Waals surface area (Å²) in [7, 11) is -4.39. The predicted molar refractivity (Wildman–Crippen MR) is 37.5 cm³/mol. The van der Waals surface area contributed by atoms with Crippen molar-refractivity contribution in [3.63, 3.8) is 0 Å². The summed E-state index contributed by atoms with van der Waals surface area (Å²) in [6.07, 6.45) is -2.71. The number of hydrogen-bond acceptors (Lipinski definition) is 3. The van der Waals surface area contributed by atoms with Gasteiger partial charge in [-0.05, 0) is 6.07 Å². The maximum atomic E-state index is 11.7. The first kappa shape index (κ1) is 10.0. The van der Waals surface area contributed by atoms with E-state index in [0.717, 1.165) is 12.4 Å². The highest BCUT2D eigenvalue weighted by Gasteiger charge is 2.36. The first-order valence-electron chi connectivity index (χ1n) is 3.11. The molecule has 0 saturated carbocycles. The van der Waals surface area contributed by atoms with Gasteiger partial charge in [0.05, 0.1) is 6.20 Å². The summed E-state index contributed by atoms with van der Waals surface area (Å²) in [5.74, 6) is -1.90. The lowest BCUT2D eigenvalue weighted by Crippen LogP contribution is -2.27. The van der Waals surface area contributed by atoms with Gasteiger partial charge in [0.1, 0.15) is 0 Å². The average Bonchev–Trinajstić information content (AvgIpc) is 2.29. The molecule has 4 nitrogen and oxygen atoms in total. The van der Waals surface area contributed by atoms with E-state index in [2.05, 4.69) is 5.10 Å². The van der Waals surface area contributed by atoms with E-state index in [-0.39, 0.29) is 0 Å². The quantitative estimate of drug-likeness (QED) is 0.725. The highest BCUT2D eigenvalue weighted by molar-refractivity contribution is 7.89. The van der Waals surface area contributed by atoms with Crippen LogP contribution in [0.1, 0.15) is 0 Å². The van der Waals surface area contributed by atoms with Gasteiger partial charge in [0, 0.05) is 6.20 Å². The summed E-state index contributed by atoms with van der Waals surface area (Å²) in [6, 6.07) is 1.23. The zero-order valence-corrected chi connectivity index (χ0v) is 7.01. The lowest BCUT2D eigenvalue weighted by atomic mass is 10.8. The normalized spacial score (nSPS) is 13.2. The molecule has 0 fully saturated rings. The van der Waals surface area contributed by atoms with E-state index in [1.54, 1.807) is 0 Å². The van der Waals surface area contributed by atoms with Crippen molar-refractivity contribution in [2.75, 3.05) is 5.75 Å². The van der Waals surface area contributed by atoms with Gasteiger partial charge in [0.2, 0.25) is 0 Å². The third-order valence-corrected chi connectivity index (χ3v) is 2.59. The molecule has 0 atom stereocenters. The summed E-state index contributed by atoms with van der Waals surface area (Å²) < 4.78 is 57.2. The molecule has 74 valence electrons. The van der Waals surface area contributed by atoms with Crippen LogP contribution in [0.4, 0.5) is 13.2 Å². The van der Waals surface area contributed by atoms with Crippen LogP contribution in [0.5, 0.6) is 0 Å². The molecule has 0 bridgehead atoms. The molecule has 0 aromatic carbocycles. The van der Waals surface area contributed by atoms with Gasteiger partial charge < -0.3 is 0 Å². The van der Waals surface area contributed by atoms with Gasteiger partial charge in [0.15, 0.2) is 5.75 Å². The Balaban J connectivity index is 2.93. The summed E-state index contributed by atoms with van der Waals surface area (Å²) in [6.45, 7) is 0. The summed E-state index contributed by atoms with van der Waals surface area (Å²) in [5, 5.41) is 3.20. The lowest BCUT2D eigenvalue weighted by Gasteiger charge is -2.06. The molecule has 13 heavy (non-hydrogen) atoms. The Kier molecular flexibility index (Phi) is 2.33. The number of aromatic nitrogens is 2. The second kappa shape index (κ2) is 3.02.